The summed E-state index contributed by atoms with van der Waals surface area (Å²) in [5.74, 6) is 1.12. The first-order valence-electron chi connectivity index (χ1n) is 13.3. The van der Waals surface area contributed by atoms with Crippen molar-refractivity contribution in [3.8, 4) is 11.5 Å². The molecule has 2 N–H and O–H groups in total. The summed E-state index contributed by atoms with van der Waals surface area (Å²) < 4.78 is 5.96. The number of phenolic OH excluding ortho intramolecular Hbond substituents is 1. The molecule has 0 saturated heterocycles. The molecule has 3 aromatic carbocycles. The first-order chi connectivity index (χ1) is 18.3. The topological polar surface area (TPSA) is 61.8 Å². The molecule has 0 heterocycles. The molecule has 1 aliphatic carbocycles. The van der Waals surface area contributed by atoms with Crippen molar-refractivity contribution in [1.82, 2.24) is 10.2 Å². The smallest absolute Gasteiger partial charge is 0.245 e. The number of amides is 1. The van der Waals surface area contributed by atoms with Crippen LogP contribution < -0.4 is 10.1 Å². The van der Waals surface area contributed by atoms with E-state index in [4.69, 9.17) is 4.74 Å². The van der Waals surface area contributed by atoms with Gasteiger partial charge in [-0.25, -0.2) is 0 Å². The lowest BCUT2D eigenvalue weighted by Gasteiger charge is -2.19. The maximum Gasteiger partial charge on any atom is 0.245 e. The molecule has 0 bridgehead atoms. The number of benzene rings is 3. The van der Waals surface area contributed by atoms with E-state index < -0.39 is 0 Å². The van der Waals surface area contributed by atoms with Crippen molar-refractivity contribution in [3.63, 3.8) is 0 Å². The summed E-state index contributed by atoms with van der Waals surface area (Å²) in [6, 6.07) is 20.7. The van der Waals surface area contributed by atoms with Crippen LogP contribution in [-0.2, 0) is 11.2 Å². The van der Waals surface area contributed by atoms with Gasteiger partial charge >= 0.3 is 0 Å². The van der Waals surface area contributed by atoms with E-state index in [0.717, 1.165) is 30.6 Å². The van der Waals surface area contributed by atoms with Crippen LogP contribution in [0.25, 0.3) is 11.1 Å². The molecule has 0 fully saturated rings. The van der Waals surface area contributed by atoms with E-state index in [-0.39, 0.29) is 5.91 Å². The van der Waals surface area contributed by atoms with Gasteiger partial charge < -0.3 is 20.1 Å². The first-order valence-corrected chi connectivity index (χ1v) is 13.3. The average Bonchev–Trinajstić information content (AvgIpc) is 3.09. The van der Waals surface area contributed by atoms with Gasteiger partial charge in [0, 0.05) is 33.3 Å². The molecule has 0 atom stereocenters. The van der Waals surface area contributed by atoms with Crippen molar-refractivity contribution < 1.29 is 14.6 Å². The SMILES string of the molecule is Cc1cccc(C2=C(c3ccc(OCCNC/C=C/C(=O)N(C)C)cc3)c3ccc(O)cc3CCC2)c1C. The lowest BCUT2D eigenvalue weighted by molar-refractivity contribution is -0.123. The van der Waals surface area contributed by atoms with E-state index in [2.05, 4.69) is 55.6 Å². The zero-order valence-electron chi connectivity index (χ0n) is 22.9. The van der Waals surface area contributed by atoms with Gasteiger partial charge in [0.25, 0.3) is 0 Å². The highest BCUT2D eigenvalue weighted by Crippen LogP contribution is 2.42. The molecule has 3 aromatic rings. The maximum atomic E-state index is 11.6. The molecular weight excluding hydrogens is 472 g/mol. The Kier molecular flexibility index (Phi) is 9.03. The minimum Gasteiger partial charge on any atom is -0.508 e. The van der Waals surface area contributed by atoms with Crippen LogP contribution in [0.5, 0.6) is 11.5 Å². The van der Waals surface area contributed by atoms with Crippen molar-refractivity contribution >= 4 is 17.1 Å². The second-order valence-corrected chi connectivity index (χ2v) is 10.0. The zero-order valence-corrected chi connectivity index (χ0v) is 22.9. The molecule has 0 unspecified atom stereocenters. The van der Waals surface area contributed by atoms with Crippen LogP contribution >= 0.6 is 0 Å². The lowest BCUT2D eigenvalue weighted by Crippen LogP contribution is -2.22. The number of likely N-dealkylation sites (N-methyl/N-ethyl adjacent to an activating group) is 1. The lowest BCUT2D eigenvalue weighted by atomic mass is 9.85. The quantitative estimate of drug-likeness (QED) is 0.277. The molecule has 0 aliphatic heterocycles. The van der Waals surface area contributed by atoms with Gasteiger partial charge in [0.05, 0.1) is 0 Å². The van der Waals surface area contributed by atoms with E-state index >= 15 is 0 Å². The number of hydrogen-bond donors (Lipinski definition) is 2. The molecule has 5 nitrogen and oxygen atoms in total. The Morgan fingerprint density at radius 3 is 2.58 bits per heavy atom. The summed E-state index contributed by atoms with van der Waals surface area (Å²) in [6.07, 6.45) is 6.35. The van der Waals surface area contributed by atoms with Gasteiger partial charge in [0.2, 0.25) is 5.91 Å². The van der Waals surface area contributed by atoms with Crippen LogP contribution in [0.1, 0.15) is 46.2 Å². The van der Waals surface area contributed by atoms with Crippen LogP contribution in [0.4, 0.5) is 0 Å². The third-order valence-corrected chi connectivity index (χ3v) is 7.12. The van der Waals surface area contributed by atoms with Crippen LogP contribution in [0.3, 0.4) is 0 Å². The summed E-state index contributed by atoms with van der Waals surface area (Å²) in [4.78, 5) is 13.1. The summed E-state index contributed by atoms with van der Waals surface area (Å²) >= 11 is 0. The molecular formula is C33H38N2O3. The average molecular weight is 511 g/mol. The normalized spacial score (nSPS) is 13.4. The van der Waals surface area contributed by atoms with E-state index in [1.807, 2.05) is 24.3 Å². The Bertz CT molecular complexity index is 1340. The number of ether oxygens (including phenoxy) is 1. The van der Waals surface area contributed by atoms with Crippen LogP contribution in [0.2, 0.25) is 0 Å². The van der Waals surface area contributed by atoms with Gasteiger partial charge in [-0.1, -0.05) is 42.5 Å². The van der Waals surface area contributed by atoms with Crippen LogP contribution in [0.15, 0.2) is 72.8 Å². The molecule has 0 radical (unpaired) electrons. The number of carbonyl (C=O) groups excluding carboxylic acids is 1. The fourth-order valence-corrected chi connectivity index (χ4v) is 4.90. The first kappa shape index (κ1) is 27.2. The Morgan fingerprint density at radius 1 is 1.03 bits per heavy atom. The number of rotatable bonds is 9. The van der Waals surface area contributed by atoms with Crippen LogP contribution in [0, 0.1) is 13.8 Å². The number of phenols is 1. The molecule has 198 valence electrons. The Hall–Kier alpha value is -3.83. The van der Waals surface area contributed by atoms with Gasteiger partial charge in [0.15, 0.2) is 0 Å². The van der Waals surface area contributed by atoms with Crippen molar-refractivity contribution in [3.05, 3.63) is 106 Å². The van der Waals surface area contributed by atoms with Gasteiger partial charge in [-0.3, -0.25) is 4.79 Å². The molecule has 1 amide bonds. The van der Waals surface area contributed by atoms with Crippen LogP contribution in [-0.4, -0.2) is 49.7 Å². The Balaban J connectivity index is 1.54. The summed E-state index contributed by atoms with van der Waals surface area (Å²) in [5.41, 5.74) is 10.0. The number of aromatic hydroxyl groups is 1. The predicted octanol–water partition coefficient (Wildman–Crippen LogP) is 5.92. The standard InChI is InChI=1S/C33H38N2O3/c1-23-8-5-10-29(24(23)2)31-11-6-9-26-22-27(36)15-18-30(26)33(31)25-13-16-28(17-14-25)38-21-20-34-19-7-12-32(37)35(3)4/h5,7-8,10,12-18,22,34,36H,6,9,11,19-21H2,1-4H3/b12-7+. The highest BCUT2D eigenvalue weighted by molar-refractivity contribution is 6.00. The Labute approximate surface area is 226 Å². The minimum absolute atomic E-state index is 0.0212. The van der Waals surface area contributed by atoms with Gasteiger partial charge in [0.1, 0.15) is 18.1 Å². The number of nitrogens with one attached hydrogen (secondary N) is 1. The number of fused-ring (bicyclic) bond motifs is 1. The minimum atomic E-state index is -0.0212. The number of carbonyl (C=O) groups is 1. The van der Waals surface area contributed by atoms with E-state index in [1.54, 1.807) is 31.1 Å². The fourth-order valence-electron chi connectivity index (χ4n) is 4.90. The number of hydrogen-bond acceptors (Lipinski definition) is 4. The molecule has 4 rings (SSSR count). The summed E-state index contributed by atoms with van der Waals surface area (Å²) in [7, 11) is 3.47. The van der Waals surface area contributed by atoms with Crippen molar-refractivity contribution in [2.45, 2.75) is 33.1 Å². The van der Waals surface area contributed by atoms with Crippen molar-refractivity contribution in [2.24, 2.45) is 0 Å². The highest BCUT2D eigenvalue weighted by Gasteiger charge is 2.21. The van der Waals surface area contributed by atoms with E-state index in [1.165, 1.54) is 39.0 Å². The monoisotopic (exact) mass is 510 g/mol. The van der Waals surface area contributed by atoms with Gasteiger partial charge in [-0.2, -0.15) is 0 Å². The molecule has 0 saturated carbocycles. The molecule has 0 aromatic heterocycles. The second-order valence-electron chi connectivity index (χ2n) is 10.0. The molecule has 1 aliphatic rings. The van der Waals surface area contributed by atoms with Gasteiger partial charge in [-0.05, 0) is 102 Å². The van der Waals surface area contributed by atoms with Crippen molar-refractivity contribution in [2.75, 3.05) is 33.8 Å². The number of aryl methyl sites for hydroxylation is 2. The molecule has 38 heavy (non-hydrogen) atoms. The maximum absolute atomic E-state index is 11.6. The Morgan fingerprint density at radius 2 is 1.82 bits per heavy atom. The highest BCUT2D eigenvalue weighted by atomic mass is 16.5. The summed E-state index contributed by atoms with van der Waals surface area (Å²) in [5, 5.41) is 13.4. The third-order valence-electron chi connectivity index (χ3n) is 7.12. The number of nitrogens with zero attached hydrogens (tertiary/aromatic N) is 1. The third kappa shape index (κ3) is 6.53. The van der Waals surface area contributed by atoms with Gasteiger partial charge in [-0.15, -0.1) is 0 Å². The second kappa shape index (κ2) is 12.6. The molecule has 0 spiro atoms. The van der Waals surface area contributed by atoms with E-state index in [0.29, 0.717) is 25.4 Å². The largest absolute Gasteiger partial charge is 0.508 e. The fraction of sp³-hybridized carbons (Fsp3) is 0.303. The predicted molar refractivity (Wildman–Crippen MR) is 156 cm³/mol. The number of allylic oxidation sites excluding steroid dienone is 1. The van der Waals surface area contributed by atoms with E-state index in [9.17, 15) is 9.90 Å². The molecule has 5 heteroatoms. The summed E-state index contributed by atoms with van der Waals surface area (Å²) in [6.45, 7) is 6.21. The van der Waals surface area contributed by atoms with Crippen molar-refractivity contribution in [1.29, 1.82) is 0 Å². The zero-order chi connectivity index (χ0) is 27.1.